The van der Waals surface area contributed by atoms with Gasteiger partial charge in [0.15, 0.2) is 5.69 Å². The van der Waals surface area contributed by atoms with Crippen molar-refractivity contribution in [3.63, 3.8) is 0 Å². The van der Waals surface area contributed by atoms with Gasteiger partial charge in [-0.15, -0.1) is 0 Å². The number of halogens is 4. The topological polar surface area (TPSA) is 82.9 Å². The number of aryl methyl sites for hydroxylation is 1. The van der Waals surface area contributed by atoms with Crippen molar-refractivity contribution in [2.45, 2.75) is 81.8 Å². The lowest BCUT2D eigenvalue weighted by Crippen LogP contribution is -2.48. The van der Waals surface area contributed by atoms with Crippen LogP contribution in [0.15, 0.2) is 12.1 Å². The molecule has 3 aromatic rings. The quantitative estimate of drug-likeness (QED) is 0.389. The minimum atomic E-state index is -0.891. The number of anilines is 1. The van der Waals surface area contributed by atoms with Crippen LogP contribution in [0.2, 0.25) is 5.02 Å². The third-order valence-electron chi connectivity index (χ3n) is 11.4. The molecule has 0 bridgehead atoms. The van der Waals surface area contributed by atoms with E-state index in [1.54, 1.807) is 18.8 Å². The third kappa shape index (κ3) is 4.90. The fraction of sp³-hybridized carbons (Fsp3) is 0.588. The highest BCUT2D eigenvalue weighted by Crippen LogP contribution is 2.50. The molecule has 8 rings (SSSR count). The number of ether oxygens (including phenoxy) is 1. The number of fused-ring (bicyclic) bond motifs is 5. The number of rotatable bonds is 5. The van der Waals surface area contributed by atoms with Crippen LogP contribution in [-0.4, -0.2) is 99.5 Å². The van der Waals surface area contributed by atoms with E-state index in [0.717, 1.165) is 42.8 Å². The largest absolute Gasteiger partial charge is 0.461 e. The molecule has 3 atom stereocenters. The van der Waals surface area contributed by atoms with Gasteiger partial charge < -0.3 is 14.5 Å². The normalized spacial score (nSPS) is 26.7. The summed E-state index contributed by atoms with van der Waals surface area (Å²) >= 11 is 6.82. The van der Waals surface area contributed by atoms with Crippen LogP contribution in [0.3, 0.4) is 0 Å². The zero-order valence-corrected chi connectivity index (χ0v) is 28.3. The van der Waals surface area contributed by atoms with E-state index in [1.807, 2.05) is 7.05 Å². The number of alkyl halides is 1. The van der Waals surface area contributed by atoms with Gasteiger partial charge in [-0.1, -0.05) is 11.6 Å². The molecule has 48 heavy (non-hydrogen) atoms. The predicted octanol–water partition coefficient (Wildman–Crippen LogP) is 4.50. The molecule has 2 aromatic heterocycles. The summed E-state index contributed by atoms with van der Waals surface area (Å²) in [6.45, 7) is 3.51. The van der Waals surface area contributed by atoms with Crippen molar-refractivity contribution in [3.05, 3.63) is 62.6 Å². The molecule has 0 radical (unpaired) electrons. The first kappa shape index (κ1) is 31.8. The van der Waals surface area contributed by atoms with Crippen molar-refractivity contribution in [2.75, 3.05) is 52.3 Å². The maximum atomic E-state index is 15.5. The van der Waals surface area contributed by atoms with E-state index >= 15 is 4.39 Å². The van der Waals surface area contributed by atoms with Gasteiger partial charge in [-0.05, 0) is 63.4 Å². The highest BCUT2D eigenvalue weighted by atomic mass is 35.5. The molecule has 1 aromatic carbocycles. The van der Waals surface area contributed by atoms with E-state index in [0.29, 0.717) is 80.4 Å². The Morgan fingerprint density at radius 1 is 1.08 bits per heavy atom. The summed E-state index contributed by atoms with van der Waals surface area (Å²) < 4.78 is 53.3. The summed E-state index contributed by atoms with van der Waals surface area (Å²) in [5, 5.41) is 4.89. The first-order valence-electron chi connectivity index (χ1n) is 16.8. The number of benzene rings is 1. The van der Waals surface area contributed by atoms with Crippen LogP contribution in [0.5, 0.6) is 6.01 Å². The molecule has 4 aliphatic heterocycles. The van der Waals surface area contributed by atoms with Gasteiger partial charge in [-0.2, -0.15) is 15.1 Å². The number of carbonyl (C=O) groups is 1. The van der Waals surface area contributed by atoms with Gasteiger partial charge in [0.1, 0.15) is 30.2 Å². The van der Waals surface area contributed by atoms with Gasteiger partial charge in [0.05, 0.1) is 34.0 Å². The van der Waals surface area contributed by atoms with E-state index in [-0.39, 0.29) is 35.6 Å². The second-order valence-electron chi connectivity index (χ2n) is 14.4. The zero-order valence-electron chi connectivity index (χ0n) is 27.5. The number of carbonyl (C=O) groups excluding carboxylic acids is 1. The van der Waals surface area contributed by atoms with Crippen molar-refractivity contribution in [1.82, 2.24) is 34.4 Å². The Morgan fingerprint density at radius 3 is 2.71 bits per heavy atom. The summed E-state index contributed by atoms with van der Waals surface area (Å²) in [6, 6.07) is 2.62. The zero-order chi connectivity index (χ0) is 33.5. The van der Waals surface area contributed by atoms with Gasteiger partial charge in [0.2, 0.25) is 0 Å². The molecule has 0 N–H and O–H groups in total. The second-order valence-corrected chi connectivity index (χ2v) is 14.8. The van der Waals surface area contributed by atoms with Crippen molar-refractivity contribution in [3.8, 4) is 6.01 Å². The lowest BCUT2D eigenvalue weighted by molar-refractivity contribution is 0.0821. The second kappa shape index (κ2) is 11.6. The Balaban J connectivity index is 1.20. The maximum absolute atomic E-state index is 15.5. The Hall–Kier alpha value is -3.42. The predicted molar refractivity (Wildman–Crippen MR) is 173 cm³/mol. The smallest absolute Gasteiger partial charge is 0.318 e. The summed E-state index contributed by atoms with van der Waals surface area (Å²) in [6.07, 6.45) is 3.45. The number of amides is 1. The monoisotopic (exact) mass is 684 g/mol. The van der Waals surface area contributed by atoms with E-state index < -0.39 is 17.5 Å². The molecule has 256 valence electrons. The minimum Gasteiger partial charge on any atom is -0.461 e. The molecule has 0 saturated carbocycles. The summed E-state index contributed by atoms with van der Waals surface area (Å²) in [7, 11) is 5.28. The van der Waals surface area contributed by atoms with Crippen molar-refractivity contribution < 1.29 is 22.7 Å². The number of nitrogens with zero attached hydrogens (tertiary/aromatic N) is 8. The van der Waals surface area contributed by atoms with Crippen LogP contribution in [-0.2, 0) is 38.0 Å². The molecule has 10 nitrogen and oxygen atoms in total. The first-order valence-corrected chi connectivity index (χ1v) is 17.2. The Bertz CT molecular complexity index is 1800. The Labute approximate surface area is 282 Å². The van der Waals surface area contributed by atoms with Gasteiger partial charge >= 0.3 is 6.01 Å². The van der Waals surface area contributed by atoms with E-state index in [9.17, 15) is 13.6 Å². The highest BCUT2D eigenvalue weighted by molar-refractivity contribution is 6.34. The van der Waals surface area contributed by atoms with Gasteiger partial charge in [-0.3, -0.25) is 19.3 Å². The lowest BCUT2D eigenvalue weighted by atomic mass is 9.80. The van der Waals surface area contributed by atoms with Crippen LogP contribution >= 0.6 is 11.6 Å². The molecule has 2 saturated heterocycles. The van der Waals surface area contributed by atoms with Crippen LogP contribution in [0.25, 0.3) is 0 Å². The Kier molecular flexibility index (Phi) is 7.68. The molecule has 2 fully saturated rings. The van der Waals surface area contributed by atoms with Crippen molar-refractivity contribution in [2.24, 2.45) is 0 Å². The summed E-state index contributed by atoms with van der Waals surface area (Å²) in [4.78, 5) is 30.7. The molecule has 1 aliphatic carbocycles. The fourth-order valence-electron chi connectivity index (χ4n) is 8.95. The summed E-state index contributed by atoms with van der Waals surface area (Å²) in [5.41, 5.74) is 2.23. The Morgan fingerprint density at radius 2 is 1.90 bits per heavy atom. The standard InChI is InChI=1S/C34H40ClF3N8O2/c1-42(2)31(47)29-28(35)26-18-44(11-5-13-46(26)41-29)30-22-17-43(3)34(10-8-21-23(37)6-7-24(38)27(21)34)15-25(22)39-32(40-30)48-19-33-9-4-12-45(33)16-20(36)14-33/h6-7,20H,4-5,8-19H2,1-3H3/t20?,33-,34-/m0/s1. The SMILES string of the molecule is CN(C)C(=O)c1nn2c(c1Cl)CN(c1nc(OC[C@@]34CCCN3CC(F)C4)nc3c1CN(C)[C@@]1(CCc4c(F)ccc(F)c41)C3)CCC2. The van der Waals surface area contributed by atoms with Gasteiger partial charge in [0.25, 0.3) is 5.91 Å². The van der Waals surface area contributed by atoms with E-state index in [1.165, 1.54) is 17.0 Å². The van der Waals surface area contributed by atoms with Crippen LogP contribution in [0.1, 0.15) is 70.7 Å². The molecular weight excluding hydrogens is 645 g/mol. The number of hydrogen-bond donors (Lipinski definition) is 0. The lowest BCUT2D eigenvalue weighted by Gasteiger charge is -2.44. The van der Waals surface area contributed by atoms with Crippen LogP contribution in [0, 0.1) is 11.6 Å². The van der Waals surface area contributed by atoms with Crippen molar-refractivity contribution in [1.29, 1.82) is 0 Å². The minimum absolute atomic E-state index is 0.192. The summed E-state index contributed by atoms with van der Waals surface area (Å²) in [5.74, 6) is -0.386. The van der Waals surface area contributed by atoms with Crippen LogP contribution < -0.4 is 9.64 Å². The maximum Gasteiger partial charge on any atom is 0.318 e. The average Bonchev–Trinajstić information content (AvgIpc) is 3.75. The molecule has 1 spiro atoms. The molecule has 6 heterocycles. The number of hydrogen-bond acceptors (Lipinski definition) is 8. The molecule has 5 aliphatic rings. The molecule has 14 heteroatoms. The number of likely N-dealkylation sites (N-methyl/N-ethyl adjacent to an activating group) is 1. The number of aromatic nitrogens is 4. The average molecular weight is 685 g/mol. The molecule has 1 amide bonds. The molecule has 1 unspecified atom stereocenters. The first-order chi connectivity index (χ1) is 23.0. The van der Waals surface area contributed by atoms with Gasteiger partial charge in [-0.25, -0.2) is 13.2 Å². The van der Waals surface area contributed by atoms with E-state index in [2.05, 4.69) is 19.8 Å². The van der Waals surface area contributed by atoms with E-state index in [4.69, 9.17) is 26.3 Å². The van der Waals surface area contributed by atoms with Crippen LogP contribution in [0.4, 0.5) is 19.0 Å². The van der Waals surface area contributed by atoms with Gasteiger partial charge in [0, 0.05) is 64.2 Å². The third-order valence-corrected chi connectivity index (χ3v) is 11.8. The highest BCUT2D eigenvalue weighted by Gasteiger charge is 2.51. The molecular formula is C34H40ClF3N8O2. The fourth-order valence-corrected chi connectivity index (χ4v) is 9.22. The van der Waals surface area contributed by atoms with Crippen molar-refractivity contribution >= 4 is 23.3 Å².